The van der Waals surface area contributed by atoms with Crippen LogP contribution >= 0.6 is 35.0 Å². The van der Waals surface area contributed by atoms with Crippen LogP contribution in [0, 0.1) is 11.7 Å². The van der Waals surface area contributed by atoms with Gasteiger partial charge in [0.15, 0.2) is 0 Å². The minimum absolute atomic E-state index is 0.0722. The third kappa shape index (κ3) is 5.36. The molecule has 0 unspecified atom stereocenters. The molecule has 0 bridgehead atoms. The van der Waals surface area contributed by atoms with Crippen molar-refractivity contribution >= 4 is 52.5 Å². The molecule has 188 valence electrons. The van der Waals surface area contributed by atoms with Gasteiger partial charge in [0.1, 0.15) is 11.5 Å². The van der Waals surface area contributed by atoms with Gasteiger partial charge in [0.05, 0.1) is 16.4 Å². The number of thioether (sulfide) groups is 1. The van der Waals surface area contributed by atoms with Crippen molar-refractivity contribution in [2.24, 2.45) is 5.92 Å². The molecular formula is C28H28Cl2FN3OS. The van der Waals surface area contributed by atoms with E-state index >= 15 is 0 Å². The average Bonchev–Trinajstić information content (AvgIpc) is 3.26. The minimum Gasteiger partial charge on any atom is -0.348 e. The molecule has 1 amide bonds. The maximum absolute atomic E-state index is 13.8. The van der Waals surface area contributed by atoms with Gasteiger partial charge in [-0.15, -0.1) is 0 Å². The second kappa shape index (κ2) is 11.0. The lowest BCUT2D eigenvalue weighted by Crippen LogP contribution is -2.40. The summed E-state index contributed by atoms with van der Waals surface area (Å²) < 4.78 is 15.1. The zero-order valence-corrected chi connectivity index (χ0v) is 22.4. The maximum Gasteiger partial charge on any atom is 0.270 e. The van der Waals surface area contributed by atoms with Crippen LogP contribution in [0.3, 0.4) is 0 Å². The number of benzene rings is 2. The number of rotatable bonds is 5. The fraction of sp³-hybridized carbons (Fsp3) is 0.357. The monoisotopic (exact) mass is 543 g/mol. The highest BCUT2D eigenvalue weighted by molar-refractivity contribution is 7.99. The topological polar surface area (TPSA) is 46.9 Å². The van der Waals surface area contributed by atoms with Crippen LogP contribution in [-0.2, 0) is 5.75 Å². The normalized spacial score (nSPS) is 18.2. The molecule has 36 heavy (non-hydrogen) atoms. The highest BCUT2D eigenvalue weighted by Gasteiger charge is 2.31. The van der Waals surface area contributed by atoms with Crippen molar-refractivity contribution in [1.82, 2.24) is 15.1 Å². The number of hydrogen-bond acceptors (Lipinski definition) is 3. The molecule has 4 nitrogen and oxygen atoms in total. The molecule has 5 rings (SSSR count). The van der Waals surface area contributed by atoms with E-state index in [0.29, 0.717) is 33.1 Å². The van der Waals surface area contributed by atoms with Gasteiger partial charge in [-0.2, -0.15) is 16.9 Å². The summed E-state index contributed by atoms with van der Waals surface area (Å²) in [6.07, 6.45) is 7.99. The SMILES string of the molecule is C[C@H](NC(=O)c1c2c(nn1-c1ccc(Cl)cc1Cl)/C(=C/c1ccc(F)cc1)CSC2)C1CCCCC1. The number of carbonyl (C=O) groups is 1. The third-order valence-electron chi connectivity index (χ3n) is 7.07. The summed E-state index contributed by atoms with van der Waals surface area (Å²) in [7, 11) is 0. The van der Waals surface area contributed by atoms with E-state index in [1.54, 1.807) is 46.8 Å². The van der Waals surface area contributed by atoms with Crippen LogP contribution in [0.25, 0.3) is 17.3 Å². The molecule has 2 heterocycles. The standard InChI is InChI=1S/C28H28Cl2FN3OS/c1-17(19-5-3-2-4-6-19)32-28(35)27-23-16-36-15-20(13-18-7-10-22(31)11-8-18)26(23)33-34(27)25-12-9-21(29)14-24(25)30/h7-14,17,19H,2-6,15-16H2,1H3,(H,32,35)/b20-13+/t17-/m0/s1. The molecule has 1 saturated carbocycles. The lowest BCUT2D eigenvalue weighted by molar-refractivity contribution is 0.0910. The first-order valence-corrected chi connectivity index (χ1v) is 14.2. The van der Waals surface area contributed by atoms with E-state index in [0.717, 1.165) is 41.0 Å². The Morgan fingerprint density at radius 1 is 1.14 bits per heavy atom. The van der Waals surface area contributed by atoms with E-state index in [9.17, 15) is 9.18 Å². The lowest BCUT2D eigenvalue weighted by atomic mass is 9.84. The molecule has 0 saturated heterocycles. The number of nitrogens with one attached hydrogen (secondary N) is 1. The Hall–Kier alpha value is -2.28. The van der Waals surface area contributed by atoms with E-state index in [-0.39, 0.29) is 17.8 Å². The quantitative estimate of drug-likeness (QED) is 0.357. The van der Waals surface area contributed by atoms with Crippen LogP contribution in [0.4, 0.5) is 4.39 Å². The van der Waals surface area contributed by atoms with E-state index in [2.05, 4.69) is 12.2 Å². The highest BCUT2D eigenvalue weighted by atomic mass is 35.5. The minimum atomic E-state index is -0.274. The molecule has 1 atom stereocenters. The molecule has 3 aromatic rings. The fourth-order valence-electron chi connectivity index (χ4n) is 5.13. The summed E-state index contributed by atoms with van der Waals surface area (Å²) in [5, 5.41) is 9.14. The Kier molecular flexibility index (Phi) is 7.75. The van der Waals surface area contributed by atoms with E-state index < -0.39 is 0 Å². The van der Waals surface area contributed by atoms with Gasteiger partial charge in [-0.25, -0.2) is 9.07 Å². The Bertz CT molecular complexity index is 1300. The number of hydrogen-bond donors (Lipinski definition) is 1. The molecule has 0 radical (unpaired) electrons. The summed E-state index contributed by atoms with van der Waals surface area (Å²) in [4.78, 5) is 13.8. The average molecular weight is 545 g/mol. The van der Waals surface area contributed by atoms with Gasteiger partial charge >= 0.3 is 0 Å². The number of aromatic nitrogens is 2. The van der Waals surface area contributed by atoms with Crippen molar-refractivity contribution in [2.45, 2.75) is 50.8 Å². The van der Waals surface area contributed by atoms with Gasteiger partial charge in [-0.3, -0.25) is 4.79 Å². The van der Waals surface area contributed by atoms with Crippen molar-refractivity contribution in [1.29, 1.82) is 0 Å². The summed E-state index contributed by atoms with van der Waals surface area (Å²) in [5.74, 6) is 1.48. The van der Waals surface area contributed by atoms with E-state index in [1.165, 1.54) is 31.4 Å². The molecule has 1 N–H and O–H groups in total. The third-order valence-corrected chi connectivity index (χ3v) is 8.62. The van der Waals surface area contributed by atoms with Gasteiger partial charge in [0.25, 0.3) is 5.91 Å². The van der Waals surface area contributed by atoms with Crippen LogP contribution in [0.2, 0.25) is 10.0 Å². The maximum atomic E-state index is 13.8. The predicted molar refractivity (Wildman–Crippen MR) is 148 cm³/mol. The van der Waals surface area contributed by atoms with Crippen LogP contribution in [0.5, 0.6) is 0 Å². The first-order valence-electron chi connectivity index (χ1n) is 12.3. The molecular weight excluding hydrogens is 516 g/mol. The van der Waals surface area contributed by atoms with Crippen molar-refractivity contribution in [3.63, 3.8) is 0 Å². The van der Waals surface area contributed by atoms with E-state index in [4.69, 9.17) is 28.3 Å². The molecule has 2 aliphatic rings. The van der Waals surface area contributed by atoms with E-state index in [1.807, 2.05) is 6.08 Å². The summed E-state index contributed by atoms with van der Waals surface area (Å²) in [5.41, 5.74) is 4.66. The van der Waals surface area contributed by atoms with Gasteiger partial charge in [0, 0.05) is 28.1 Å². The second-order valence-electron chi connectivity index (χ2n) is 9.56. The highest BCUT2D eigenvalue weighted by Crippen LogP contribution is 2.38. The fourth-order valence-corrected chi connectivity index (χ4v) is 6.64. The van der Waals surface area contributed by atoms with Crippen LogP contribution in [0.1, 0.15) is 66.3 Å². The molecule has 2 aromatic carbocycles. The van der Waals surface area contributed by atoms with Gasteiger partial charge < -0.3 is 5.32 Å². The van der Waals surface area contributed by atoms with Gasteiger partial charge in [-0.1, -0.05) is 54.6 Å². The van der Waals surface area contributed by atoms with Crippen molar-refractivity contribution in [2.75, 3.05) is 5.75 Å². The number of amides is 1. The molecule has 1 fully saturated rings. The van der Waals surface area contributed by atoms with Gasteiger partial charge in [0.2, 0.25) is 0 Å². The number of carbonyl (C=O) groups excluding carboxylic acids is 1. The van der Waals surface area contributed by atoms with Gasteiger partial charge in [-0.05, 0) is 73.2 Å². The van der Waals surface area contributed by atoms with Crippen molar-refractivity contribution in [3.05, 3.63) is 80.8 Å². The van der Waals surface area contributed by atoms with Crippen LogP contribution < -0.4 is 5.32 Å². The predicted octanol–water partition coefficient (Wildman–Crippen LogP) is 7.80. The van der Waals surface area contributed by atoms with Crippen molar-refractivity contribution in [3.8, 4) is 5.69 Å². The smallest absolute Gasteiger partial charge is 0.270 e. The zero-order valence-electron chi connectivity index (χ0n) is 20.1. The Morgan fingerprint density at radius 2 is 1.89 bits per heavy atom. The Labute approximate surface area is 225 Å². The first-order chi connectivity index (χ1) is 17.4. The molecule has 1 aromatic heterocycles. The lowest BCUT2D eigenvalue weighted by Gasteiger charge is -2.28. The molecule has 0 spiro atoms. The van der Waals surface area contributed by atoms with Crippen molar-refractivity contribution < 1.29 is 9.18 Å². The first kappa shape index (κ1) is 25.4. The Balaban J connectivity index is 1.57. The molecule has 1 aliphatic carbocycles. The number of fused-ring (bicyclic) bond motifs is 1. The summed E-state index contributed by atoms with van der Waals surface area (Å²) in [6.45, 7) is 2.10. The summed E-state index contributed by atoms with van der Waals surface area (Å²) in [6, 6.07) is 11.7. The Morgan fingerprint density at radius 3 is 2.61 bits per heavy atom. The number of nitrogens with zero attached hydrogens (tertiary/aromatic N) is 2. The number of halogens is 3. The van der Waals surface area contributed by atoms with Crippen LogP contribution in [0.15, 0.2) is 42.5 Å². The molecule has 8 heteroatoms. The largest absolute Gasteiger partial charge is 0.348 e. The second-order valence-corrected chi connectivity index (χ2v) is 11.4. The summed E-state index contributed by atoms with van der Waals surface area (Å²) >= 11 is 14.5. The molecule has 1 aliphatic heterocycles. The van der Waals surface area contributed by atoms with Crippen LogP contribution in [-0.4, -0.2) is 27.5 Å². The zero-order chi connectivity index (χ0) is 25.2.